The van der Waals surface area contributed by atoms with E-state index in [4.69, 9.17) is 4.74 Å². The predicted molar refractivity (Wildman–Crippen MR) is 61.8 cm³/mol. The van der Waals surface area contributed by atoms with Crippen LogP contribution in [0.15, 0.2) is 30.3 Å². The minimum Gasteiger partial charge on any atom is -0.360 e. The molecule has 1 heterocycles. The SMILES string of the molecule is CCCNC[C@@]1(C)O[C@H]1c1ccccc1. The Hall–Kier alpha value is -0.860. The molecule has 0 aromatic heterocycles. The summed E-state index contributed by atoms with van der Waals surface area (Å²) in [6.07, 6.45) is 1.45. The highest BCUT2D eigenvalue weighted by molar-refractivity contribution is 5.25. The average Bonchev–Trinajstić information content (AvgIpc) is 2.93. The summed E-state index contributed by atoms with van der Waals surface area (Å²) in [4.78, 5) is 0. The van der Waals surface area contributed by atoms with Crippen LogP contribution in [0.2, 0.25) is 0 Å². The van der Waals surface area contributed by atoms with Gasteiger partial charge in [0.2, 0.25) is 0 Å². The first-order valence-corrected chi connectivity index (χ1v) is 5.70. The lowest BCUT2D eigenvalue weighted by Crippen LogP contribution is -2.28. The van der Waals surface area contributed by atoms with Gasteiger partial charge in [0.1, 0.15) is 11.7 Å². The standard InChI is InChI=1S/C13H19NO/c1-3-9-14-10-13(2)12(15-13)11-7-5-4-6-8-11/h4-8,12,14H,3,9-10H2,1-2H3/t12-,13+/m0/s1. The Balaban J connectivity index is 1.89. The zero-order valence-corrected chi connectivity index (χ0v) is 9.49. The van der Waals surface area contributed by atoms with E-state index < -0.39 is 0 Å². The second-order valence-corrected chi connectivity index (χ2v) is 4.40. The number of benzene rings is 1. The van der Waals surface area contributed by atoms with Gasteiger partial charge in [-0.1, -0.05) is 37.3 Å². The highest BCUT2D eigenvalue weighted by Crippen LogP contribution is 2.48. The smallest absolute Gasteiger partial charge is 0.113 e. The van der Waals surface area contributed by atoms with E-state index in [9.17, 15) is 0 Å². The molecule has 0 amide bonds. The van der Waals surface area contributed by atoms with E-state index in [-0.39, 0.29) is 11.7 Å². The summed E-state index contributed by atoms with van der Waals surface area (Å²) in [5.41, 5.74) is 1.30. The van der Waals surface area contributed by atoms with Crippen molar-refractivity contribution in [3.63, 3.8) is 0 Å². The van der Waals surface area contributed by atoms with Crippen molar-refractivity contribution in [3.8, 4) is 0 Å². The Labute approximate surface area is 91.6 Å². The van der Waals surface area contributed by atoms with Gasteiger partial charge >= 0.3 is 0 Å². The minimum absolute atomic E-state index is 0.0104. The summed E-state index contributed by atoms with van der Waals surface area (Å²) < 4.78 is 5.77. The first kappa shape index (κ1) is 10.7. The van der Waals surface area contributed by atoms with E-state index in [0.717, 1.165) is 13.1 Å². The van der Waals surface area contributed by atoms with Crippen LogP contribution in [0.25, 0.3) is 0 Å². The van der Waals surface area contributed by atoms with Crippen molar-refractivity contribution in [3.05, 3.63) is 35.9 Å². The topological polar surface area (TPSA) is 24.6 Å². The average molecular weight is 205 g/mol. The fraction of sp³-hybridized carbons (Fsp3) is 0.538. The van der Waals surface area contributed by atoms with Crippen LogP contribution in [0.4, 0.5) is 0 Å². The van der Waals surface area contributed by atoms with Gasteiger partial charge in [-0.15, -0.1) is 0 Å². The van der Waals surface area contributed by atoms with Crippen LogP contribution in [0.3, 0.4) is 0 Å². The molecule has 1 aliphatic heterocycles. The Bertz CT molecular complexity index is 312. The molecule has 2 atom stereocenters. The van der Waals surface area contributed by atoms with Crippen LogP contribution in [0, 0.1) is 0 Å². The van der Waals surface area contributed by atoms with Gasteiger partial charge in [-0.25, -0.2) is 0 Å². The maximum absolute atomic E-state index is 5.77. The zero-order valence-electron chi connectivity index (χ0n) is 9.49. The highest BCUT2D eigenvalue weighted by atomic mass is 16.6. The van der Waals surface area contributed by atoms with E-state index in [2.05, 4.69) is 43.4 Å². The van der Waals surface area contributed by atoms with E-state index >= 15 is 0 Å². The van der Waals surface area contributed by atoms with Crippen LogP contribution >= 0.6 is 0 Å². The second kappa shape index (κ2) is 4.33. The molecule has 1 N–H and O–H groups in total. The lowest BCUT2D eigenvalue weighted by atomic mass is 10.0. The van der Waals surface area contributed by atoms with Crippen molar-refractivity contribution in [2.45, 2.75) is 32.0 Å². The van der Waals surface area contributed by atoms with Crippen molar-refractivity contribution in [1.29, 1.82) is 0 Å². The molecule has 0 unspecified atom stereocenters. The van der Waals surface area contributed by atoms with Gasteiger partial charge in [0, 0.05) is 6.54 Å². The molecular formula is C13H19NO. The van der Waals surface area contributed by atoms with Crippen molar-refractivity contribution in [2.24, 2.45) is 0 Å². The molecular weight excluding hydrogens is 186 g/mol. The van der Waals surface area contributed by atoms with Crippen molar-refractivity contribution >= 4 is 0 Å². The molecule has 1 aromatic rings. The fourth-order valence-electron chi connectivity index (χ4n) is 1.93. The molecule has 2 nitrogen and oxygen atoms in total. The van der Waals surface area contributed by atoms with Gasteiger partial charge in [-0.2, -0.15) is 0 Å². The zero-order chi connectivity index (χ0) is 10.7. The van der Waals surface area contributed by atoms with Gasteiger partial charge in [0.05, 0.1) is 0 Å². The van der Waals surface area contributed by atoms with Crippen LogP contribution in [0.5, 0.6) is 0 Å². The van der Waals surface area contributed by atoms with Crippen LogP contribution < -0.4 is 5.32 Å². The normalized spacial score (nSPS) is 29.1. The maximum Gasteiger partial charge on any atom is 0.113 e. The molecule has 1 aliphatic rings. The molecule has 0 radical (unpaired) electrons. The molecule has 0 bridgehead atoms. The Morgan fingerprint density at radius 2 is 2.07 bits per heavy atom. The first-order valence-electron chi connectivity index (χ1n) is 5.70. The lowest BCUT2D eigenvalue weighted by Gasteiger charge is -2.07. The van der Waals surface area contributed by atoms with Crippen molar-refractivity contribution in [2.75, 3.05) is 13.1 Å². The van der Waals surface area contributed by atoms with E-state index in [1.165, 1.54) is 12.0 Å². The molecule has 1 aromatic carbocycles. The summed E-state index contributed by atoms with van der Waals surface area (Å²) in [5, 5.41) is 3.41. The van der Waals surface area contributed by atoms with E-state index in [0.29, 0.717) is 0 Å². The second-order valence-electron chi connectivity index (χ2n) is 4.40. The summed E-state index contributed by atoms with van der Waals surface area (Å²) >= 11 is 0. The van der Waals surface area contributed by atoms with Crippen LogP contribution in [-0.2, 0) is 4.74 Å². The Morgan fingerprint density at radius 3 is 2.73 bits per heavy atom. The molecule has 0 aliphatic carbocycles. The third-order valence-corrected chi connectivity index (χ3v) is 2.89. The Kier molecular flexibility index (Phi) is 3.08. The molecule has 0 saturated carbocycles. The summed E-state index contributed by atoms with van der Waals surface area (Å²) in [6.45, 7) is 6.37. The molecule has 2 rings (SSSR count). The van der Waals surface area contributed by atoms with E-state index in [1.54, 1.807) is 0 Å². The van der Waals surface area contributed by atoms with Crippen molar-refractivity contribution in [1.82, 2.24) is 5.32 Å². The van der Waals surface area contributed by atoms with Crippen LogP contribution in [-0.4, -0.2) is 18.7 Å². The molecule has 1 saturated heterocycles. The molecule has 0 spiro atoms. The number of ether oxygens (including phenoxy) is 1. The third-order valence-electron chi connectivity index (χ3n) is 2.89. The van der Waals surface area contributed by atoms with Gasteiger partial charge < -0.3 is 10.1 Å². The first-order chi connectivity index (χ1) is 7.26. The summed E-state index contributed by atoms with van der Waals surface area (Å²) in [5.74, 6) is 0. The summed E-state index contributed by atoms with van der Waals surface area (Å²) in [7, 11) is 0. The predicted octanol–water partition coefficient (Wildman–Crippen LogP) is 2.52. The maximum atomic E-state index is 5.77. The minimum atomic E-state index is 0.0104. The van der Waals surface area contributed by atoms with E-state index in [1.807, 2.05) is 6.07 Å². The number of hydrogen-bond donors (Lipinski definition) is 1. The molecule has 1 fully saturated rings. The van der Waals surface area contributed by atoms with Crippen molar-refractivity contribution < 1.29 is 4.74 Å². The Morgan fingerprint density at radius 1 is 1.33 bits per heavy atom. The highest BCUT2D eigenvalue weighted by Gasteiger charge is 2.52. The van der Waals surface area contributed by atoms with Gasteiger partial charge in [0.15, 0.2) is 0 Å². The van der Waals surface area contributed by atoms with Crippen LogP contribution in [0.1, 0.15) is 31.9 Å². The quantitative estimate of drug-likeness (QED) is 0.590. The molecule has 2 heteroatoms. The van der Waals surface area contributed by atoms with Gasteiger partial charge in [-0.3, -0.25) is 0 Å². The molecule has 15 heavy (non-hydrogen) atoms. The third kappa shape index (κ3) is 2.39. The molecule has 82 valence electrons. The van der Waals surface area contributed by atoms with Gasteiger partial charge in [-0.05, 0) is 25.5 Å². The number of nitrogens with one attached hydrogen (secondary N) is 1. The number of rotatable bonds is 5. The monoisotopic (exact) mass is 205 g/mol. The fourth-order valence-corrected chi connectivity index (χ4v) is 1.93. The summed E-state index contributed by atoms with van der Waals surface area (Å²) in [6, 6.07) is 10.4. The van der Waals surface area contributed by atoms with Gasteiger partial charge in [0.25, 0.3) is 0 Å². The lowest BCUT2D eigenvalue weighted by molar-refractivity contribution is 0.301. The number of epoxide rings is 1. The largest absolute Gasteiger partial charge is 0.360 e. The number of hydrogen-bond acceptors (Lipinski definition) is 2.